The van der Waals surface area contributed by atoms with Crippen LogP contribution in [0.5, 0.6) is 0 Å². The molecule has 1 N–H and O–H groups in total. The van der Waals surface area contributed by atoms with Gasteiger partial charge < -0.3 is 14.8 Å². The van der Waals surface area contributed by atoms with Gasteiger partial charge in [0.15, 0.2) is 6.29 Å². The highest BCUT2D eigenvalue weighted by Gasteiger charge is 2.23. The minimum Gasteiger partial charge on any atom is -0.363 e. The topological polar surface area (TPSA) is 43.4 Å². The van der Waals surface area contributed by atoms with Crippen molar-refractivity contribution in [2.75, 3.05) is 18.5 Å². The maximum atomic E-state index is 14.0. The van der Waals surface area contributed by atoms with Gasteiger partial charge in [-0.2, -0.15) is 0 Å². The molecule has 1 saturated heterocycles. The molecule has 1 aliphatic rings. The lowest BCUT2D eigenvalue weighted by Gasteiger charge is -2.20. The molecular weight excluding hydrogens is 331 g/mol. The van der Waals surface area contributed by atoms with Crippen LogP contribution >= 0.6 is 11.6 Å². The van der Waals surface area contributed by atoms with Crippen molar-refractivity contribution in [2.24, 2.45) is 0 Å². The zero-order valence-electron chi connectivity index (χ0n) is 13.7. The zero-order valence-corrected chi connectivity index (χ0v) is 14.4. The molecular formula is C18H20ClFN2O2. The molecule has 0 spiro atoms. The van der Waals surface area contributed by atoms with Crippen molar-refractivity contribution in [3.8, 4) is 0 Å². The van der Waals surface area contributed by atoms with Crippen molar-refractivity contribution in [1.29, 1.82) is 0 Å². The summed E-state index contributed by atoms with van der Waals surface area (Å²) in [6, 6.07) is 7.63. The molecule has 0 aliphatic carbocycles. The number of aryl methyl sites for hydroxylation is 1. The lowest BCUT2D eigenvalue weighted by molar-refractivity contribution is -0.0465. The summed E-state index contributed by atoms with van der Waals surface area (Å²) >= 11 is 6.10. The molecule has 2 heterocycles. The highest BCUT2D eigenvalue weighted by Crippen LogP contribution is 2.29. The van der Waals surface area contributed by atoms with Gasteiger partial charge in [-0.25, -0.2) is 9.37 Å². The number of ether oxygens (including phenoxy) is 2. The molecule has 1 unspecified atom stereocenters. The molecule has 1 aromatic carbocycles. The molecule has 1 fully saturated rings. The number of benzene rings is 1. The van der Waals surface area contributed by atoms with E-state index >= 15 is 0 Å². The van der Waals surface area contributed by atoms with Crippen molar-refractivity contribution in [1.82, 2.24) is 4.98 Å². The first-order chi connectivity index (χ1) is 11.6. The summed E-state index contributed by atoms with van der Waals surface area (Å²) < 4.78 is 24.8. The van der Waals surface area contributed by atoms with Crippen LogP contribution in [0.4, 0.5) is 10.2 Å². The van der Waals surface area contributed by atoms with Gasteiger partial charge in [0.1, 0.15) is 11.6 Å². The Morgan fingerprint density at radius 3 is 2.75 bits per heavy atom. The van der Waals surface area contributed by atoms with Crippen LogP contribution in [-0.4, -0.2) is 18.2 Å². The number of hydrogen-bond donors (Lipinski definition) is 1. The Morgan fingerprint density at radius 1 is 1.33 bits per heavy atom. The minimum absolute atomic E-state index is 0.0530. The largest absolute Gasteiger partial charge is 0.363 e. The van der Waals surface area contributed by atoms with Crippen LogP contribution in [0.2, 0.25) is 5.02 Å². The van der Waals surface area contributed by atoms with E-state index in [-0.39, 0.29) is 6.04 Å². The summed E-state index contributed by atoms with van der Waals surface area (Å²) in [6.45, 7) is 4.99. The number of rotatable bonds is 5. The minimum atomic E-state index is -0.661. The number of hydrogen-bond acceptors (Lipinski definition) is 4. The smallest absolute Gasteiger partial charge is 0.187 e. The fourth-order valence-corrected chi connectivity index (χ4v) is 2.85. The van der Waals surface area contributed by atoms with Crippen LogP contribution in [-0.2, 0) is 9.47 Å². The Morgan fingerprint density at radius 2 is 2.08 bits per heavy atom. The molecule has 24 heavy (non-hydrogen) atoms. The van der Waals surface area contributed by atoms with E-state index in [4.69, 9.17) is 21.1 Å². The van der Waals surface area contributed by atoms with E-state index in [2.05, 4.69) is 23.3 Å². The van der Waals surface area contributed by atoms with Crippen LogP contribution in [0, 0.1) is 12.7 Å². The van der Waals surface area contributed by atoms with Crippen molar-refractivity contribution < 1.29 is 13.9 Å². The molecule has 1 atom stereocenters. The Labute approximate surface area is 146 Å². The summed E-state index contributed by atoms with van der Waals surface area (Å²) in [5, 5.41) is 4.09. The number of halogens is 2. The molecule has 0 amide bonds. The first-order valence-corrected chi connectivity index (χ1v) is 8.37. The third kappa shape index (κ3) is 3.69. The molecule has 0 saturated carbocycles. The quantitative estimate of drug-likeness (QED) is 0.841. The maximum absolute atomic E-state index is 14.0. The molecule has 1 aromatic heterocycles. The van der Waals surface area contributed by atoms with Crippen LogP contribution in [0.3, 0.4) is 0 Å². The maximum Gasteiger partial charge on any atom is 0.187 e. The summed E-state index contributed by atoms with van der Waals surface area (Å²) in [7, 11) is 0. The lowest BCUT2D eigenvalue weighted by Crippen LogP contribution is -2.12. The van der Waals surface area contributed by atoms with Crippen molar-refractivity contribution in [3.05, 3.63) is 58.0 Å². The van der Waals surface area contributed by atoms with Crippen LogP contribution < -0.4 is 5.32 Å². The van der Waals surface area contributed by atoms with Crippen molar-refractivity contribution in [2.45, 2.75) is 32.6 Å². The first kappa shape index (κ1) is 17.1. The highest BCUT2D eigenvalue weighted by molar-refractivity contribution is 6.31. The van der Waals surface area contributed by atoms with Crippen molar-refractivity contribution in [3.63, 3.8) is 0 Å². The summed E-state index contributed by atoms with van der Waals surface area (Å²) in [6.07, 6.45) is 1.39. The van der Waals surface area contributed by atoms with E-state index < -0.39 is 12.1 Å². The average Bonchev–Trinajstić information content (AvgIpc) is 3.11. The van der Waals surface area contributed by atoms with Gasteiger partial charge in [0.25, 0.3) is 0 Å². The third-order valence-corrected chi connectivity index (χ3v) is 4.50. The molecule has 0 bridgehead atoms. The summed E-state index contributed by atoms with van der Waals surface area (Å²) in [5.41, 5.74) is 2.50. The lowest BCUT2D eigenvalue weighted by atomic mass is 10.0. The van der Waals surface area contributed by atoms with Gasteiger partial charge in [-0.15, -0.1) is 0 Å². The number of aromatic nitrogens is 1. The Bertz CT molecular complexity index is 720. The summed E-state index contributed by atoms with van der Waals surface area (Å²) in [5.74, 6) is 0.160. The Hall–Kier alpha value is -1.69. The van der Waals surface area contributed by atoms with Gasteiger partial charge >= 0.3 is 0 Å². The molecule has 1 aliphatic heterocycles. The van der Waals surface area contributed by atoms with E-state index in [0.717, 1.165) is 22.6 Å². The Kier molecular flexibility index (Phi) is 5.33. The fourth-order valence-electron chi connectivity index (χ4n) is 2.74. The SMILES string of the molecule is CCC(Nc1cc(C2OCCO2)c(F)cn1)c1ccc(Cl)c(C)c1. The molecule has 2 aromatic rings. The van der Waals surface area contributed by atoms with Gasteiger partial charge in [0.2, 0.25) is 0 Å². The van der Waals surface area contributed by atoms with Gasteiger partial charge in [0.05, 0.1) is 25.5 Å². The first-order valence-electron chi connectivity index (χ1n) is 7.99. The van der Waals surface area contributed by atoms with Gasteiger partial charge in [0, 0.05) is 10.6 Å². The molecule has 4 nitrogen and oxygen atoms in total. The molecule has 0 radical (unpaired) electrons. The van der Waals surface area contributed by atoms with Crippen molar-refractivity contribution >= 4 is 17.4 Å². The molecule has 6 heteroatoms. The second kappa shape index (κ2) is 7.47. The summed E-state index contributed by atoms with van der Waals surface area (Å²) in [4.78, 5) is 4.14. The van der Waals surface area contributed by atoms with E-state index in [1.54, 1.807) is 6.07 Å². The fraction of sp³-hybridized carbons (Fsp3) is 0.389. The standard InChI is InChI=1S/C18H20ClFN2O2/c1-3-16(12-4-5-14(19)11(2)8-12)22-17-9-13(15(20)10-21-17)18-23-6-7-24-18/h4-5,8-10,16,18H,3,6-7H2,1-2H3,(H,21,22). The van der Waals surface area contributed by atoms with Crippen LogP contribution in [0.1, 0.15) is 42.4 Å². The second-order valence-electron chi connectivity index (χ2n) is 5.78. The van der Waals surface area contributed by atoms with E-state index in [1.807, 2.05) is 19.1 Å². The molecule has 3 rings (SSSR count). The third-order valence-electron chi connectivity index (χ3n) is 4.08. The predicted molar refractivity (Wildman–Crippen MR) is 91.7 cm³/mol. The molecule has 128 valence electrons. The zero-order chi connectivity index (χ0) is 17.1. The van der Waals surface area contributed by atoms with Crippen LogP contribution in [0.15, 0.2) is 30.5 Å². The van der Waals surface area contributed by atoms with Gasteiger partial charge in [-0.1, -0.05) is 30.7 Å². The van der Waals surface area contributed by atoms with Gasteiger partial charge in [-0.05, 0) is 36.6 Å². The second-order valence-corrected chi connectivity index (χ2v) is 6.19. The van der Waals surface area contributed by atoms with E-state index in [1.165, 1.54) is 6.20 Å². The normalized spacial score (nSPS) is 16.3. The average molecular weight is 351 g/mol. The van der Waals surface area contributed by atoms with Crippen LogP contribution in [0.25, 0.3) is 0 Å². The predicted octanol–water partition coefficient (Wildman–Crippen LogP) is 4.79. The number of anilines is 1. The van der Waals surface area contributed by atoms with Gasteiger partial charge in [-0.3, -0.25) is 0 Å². The number of pyridine rings is 1. The highest BCUT2D eigenvalue weighted by atomic mass is 35.5. The monoisotopic (exact) mass is 350 g/mol. The Balaban J connectivity index is 1.82. The number of nitrogens with one attached hydrogen (secondary N) is 1. The van der Waals surface area contributed by atoms with E-state index in [0.29, 0.717) is 24.6 Å². The number of nitrogens with zero attached hydrogens (tertiary/aromatic N) is 1. The van der Waals surface area contributed by atoms with E-state index in [9.17, 15) is 4.39 Å².